The Kier molecular flexibility index (Phi) is 6.29. The molecule has 0 aliphatic rings. The average molecular weight is 298 g/mol. The van der Waals surface area contributed by atoms with Crippen molar-refractivity contribution in [2.75, 3.05) is 19.6 Å². The van der Waals surface area contributed by atoms with E-state index < -0.39 is 0 Å². The standard InChI is InChI=1S/C17H28F2N2/c1-6-7-21(11-17(4,5)10-20)13(3)14-9-15(18)12(2)8-16(14)19/h8-9,13H,6-7,10-11,20H2,1-5H3. The van der Waals surface area contributed by atoms with Gasteiger partial charge in [-0.1, -0.05) is 20.8 Å². The molecule has 0 aliphatic carbocycles. The fourth-order valence-corrected chi connectivity index (χ4v) is 2.49. The lowest BCUT2D eigenvalue weighted by atomic mass is 9.91. The summed E-state index contributed by atoms with van der Waals surface area (Å²) in [6, 6.07) is 2.43. The van der Waals surface area contributed by atoms with E-state index in [4.69, 9.17) is 5.73 Å². The molecular weight excluding hydrogens is 270 g/mol. The van der Waals surface area contributed by atoms with Gasteiger partial charge in [0.25, 0.3) is 0 Å². The third kappa shape index (κ3) is 4.75. The van der Waals surface area contributed by atoms with Crippen molar-refractivity contribution in [1.82, 2.24) is 4.90 Å². The van der Waals surface area contributed by atoms with Crippen LogP contribution in [0.5, 0.6) is 0 Å². The Morgan fingerprint density at radius 3 is 2.38 bits per heavy atom. The van der Waals surface area contributed by atoms with Gasteiger partial charge < -0.3 is 5.73 Å². The second kappa shape index (κ2) is 7.32. The van der Waals surface area contributed by atoms with Crippen LogP contribution in [0.1, 0.15) is 51.3 Å². The van der Waals surface area contributed by atoms with E-state index in [1.807, 2.05) is 6.92 Å². The first kappa shape index (κ1) is 18.1. The fourth-order valence-electron chi connectivity index (χ4n) is 2.49. The maximum atomic E-state index is 14.2. The van der Waals surface area contributed by atoms with Crippen LogP contribution in [0.3, 0.4) is 0 Å². The minimum absolute atomic E-state index is 0.0524. The third-order valence-electron chi connectivity index (χ3n) is 3.97. The molecule has 4 heteroatoms. The number of aryl methyl sites for hydroxylation is 1. The van der Waals surface area contributed by atoms with E-state index in [1.165, 1.54) is 12.1 Å². The van der Waals surface area contributed by atoms with Crippen molar-refractivity contribution in [2.45, 2.75) is 47.1 Å². The first-order chi connectivity index (χ1) is 9.71. The number of nitrogens with two attached hydrogens (primary N) is 1. The molecule has 0 saturated carbocycles. The van der Waals surface area contributed by atoms with Gasteiger partial charge in [-0.3, -0.25) is 4.90 Å². The molecule has 120 valence electrons. The summed E-state index contributed by atoms with van der Waals surface area (Å²) in [4.78, 5) is 2.18. The van der Waals surface area contributed by atoms with Gasteiger partial charge in [-0.25, -0.2) is 8.78 Å². The van der Waals surface area contributed by atoms with Crippen LogP contribution in [0.15, 0.2) is 12.1 Å². The second-order valence-corrected chi connectivity index (χ2v) is 6.64. The summed E-state index contributed by atoms with van der Waals surface area (Å²) in [5.74, 6) is -0.694. The van der Waals surface area contributed by atoms with Crippen molar-refractivity contribution >= 4 is 0 Å². The predicted molar refractivity (Wildman–Crippen MR) is 84.2 cm³/mol. The van der Waals surface area contributed by atoms with E-state index in [1.54, 1.807) is 6.92 Å². The molecule has 0 fully saturated rings. The van der Waals surface area contributed by atoms with Gasteiger partial charge in [0.1, 0.15) is 11.6 Å². The van der Waals surface area contributed by atoms with Crippen molar-refractivity contribution in [3.63, 3.8) is 0 Å². The Morgan fingerprint density at radius 1 is 1.24 bits per heavy atom. The normalized spacial score (nSPS) is 13.8. The number of hydrogen-bond donors (Lipinski definition) is 1. The smallest absolute Gasteiger partial charge is 0.128 e. The second-order valence-electron chi connectivity index (χ2n) is 6.64. The summed E-state index contributed by atoms with van der Waals surface area (Å²) in [5.41, 5.74) is 6.51. The summed E-state index contributed by atoms with van der Waals surface area (Å²) in [5, 5.41) is 0. The Hall–Kier alpha value is -1.00. The fraction of sp³-hybridized carbons (Fsp3) is 0.647. The van der Waals surface area contributed by atoms with Gasteiger partial charge in [0.05, 0.1) is 0 Å². The molecule has 0 amide bonds. The summed E-state index contributed by atoms with van der Waals surface area (Å²) in [6.45, 7) is 11.9. The molecule has 0 heterocycles. The quantitative estimate of drug-likeness (QED) is 0.823. The van der Waals surface area contributed by atoms with E-state index in [2.05, 4.69) is 25.7 Å². The third-order valence-corrected chi connectivity index (χ3v) is 3.97. The molecule has 1 aromatic carbocycles. The zero-order valence-electron chi connectivity index (χ0n) is 13.8. The lowest BCUT2D eigenvalue weighted by Gasteiger charge is -2.36. The minimum atomic E-state index is -0.354. The van der Waals surface area contributed by atoms with Crippen molar-refractivity contribution in [3.8, 4) is 0 Å². The molecule has 1 atom stereocenters. The van der Waals surface area contributed by atoms with E-state index in [-0.39, 0.29) is 23.1 Å². The first-order valence-electron chi connectivity index (χ1n) is 7.61. The highest BCUT2D eigenvalue weighted by atomic mass is 19.1. The molecule has 2 nitrogen and oxygen atoms in total. The largest absolute Gasteiger partial charge is 0.330 e. The molecular formula is C17H28F2N2. The van der Waals surface area contributed by atoms with Crippen molar-refractivity contribution in [1.29, 1.82) is 0 Å². The molecule has 0 radical (unpaired) electrons. The van der Waals surface area contributed by atoms with Crippen LogP contribution >= 0.6 is 0 Å². The van der Waals surface area contributed by atoms with Gasteiger partial charge in [-0.15, -0.1) is 0 Å². The van der Waals surface area contributed by atoms with Crippen LogP contribution in [-0.2, 0) is 0 Å². The molecule has 0 aromatic heterocycles. The lowest BCUT2D eigenvalue weighted by Crippen LogP contribution is -2.40. The molecule has 0 saturated heterocycles. The molecule has 0 spiro atoms. The van der Waals surface area contributed by atoms with Crippen LogP contribution < -0.4 is 5.73 Å². The average Bonchev–Trinajstić information content (AvgIpc) is 2.41. The predicted octanol–water partition coefficient (Wildman–Crippen LogP) is 4.03. The van der Waals surface area contributed by atoms with Crippen molar-refractivity contribution < 1.29 is 8.78 Å². The molecule has 1 aromatic rings. The molecule has 0 aliphatic heterocycles. The number of benzene rings is 1. The zero-order chi connectivity index (χ0) is 16.2. The number of halogens is 2. The molecule has 21 heavy (non-hydrogen) atoms. The topological polar surface area (TPSA) is 29.3 Å². The summed E-state index contributed by atoms with van der Waals surface area (Å²) >= 11 is 0. The summed E-state index contributed by atoms with van der Waals surface area (Å²) < 4.78 is 27.9. The van der Waals surface area contributed by atoms with E-state index in [0.717, 1.165) is 19.5 Å². The van der Waals surface area contributed by atoms with Gasteiger partial charge in [-0.2, -0.15) is 0 Å². The highest BCUT2D eigenvalue weighted by Gasteiger charge is 2.26. The number of nitrogens with zero attached hydrogens (tertiary/aromatic N) is 1. The summed E-state index contributed by atoms with van der Waals surface area (Å²) in [7, 11) is 0. The van der Waals surface area contributed by atoms with E-state index in [9.17, 15) is 8.78 Å². The maximum absolute atomic E-state index is 14.2. The Bertz CT molecular complexity index is 472. The van der Waals surface area contributed by atoms with Crippen LogP contribution in [0.2, 0.25) is 0 Å². The monoisotopic (exact) mass is 298 g/mol. The zero-order valence-corrected chi connectivity index (χ0v) is 13.8. The highest BCUT2D eigenvalue weighted by Crippen LogP contribution is 2.28. The number of hydrogen-bond acceptors (Lipinski definition) is 2. The van der Waals surface area contributed by atoms with Crippen molar-refractivity contribution in [2.24, 2.45) is 11.1 Å². The van der Waals surface area contributed by atoms with Crippen LogP contribution in [0.25, 0.3) is 0 Å². The molecule has 0 bridgehead atoms. The maximum Gasteiger partial charge on any atom is 0.128 e. The van der Waals surface area contributed by atoms with E-state index >= 15 is 0 Å². The van der Waals surface area contributed by atoms with Crippen molar-refractivity contribution in [3.05, 3.63) is 34.9 Å². The summed E-state index contributed by atoms with van der Waals surface area (Å²) in [6.07, 6.45) is 0.959. The SMILES string of the molecule is CCCN(CC(C)(C)CN)C(C)c1cc(F)c(C)cc1F. The number of rotatable bonds is 7. The van der Waals surface area contributed by atoms with Gasteiger partial charge in [0, 0.05) is 18.2 Å². The Balaban J connectivity index is 3.06. The molecule has 2 N–H and O–H groups in total. The molecule has 1 unspecified atom stereocenters. The van der Waals surface area contributed by atoms with Gasteiger partial charge in [-0.05, 0) is 56.5 Å². The van der Waals surface area contributed by atoms with Gasteiger partial charge >= 0.3 is 0 Å². The van der Waals surface area contributed by atoms with Gasteiger partial charge in [0.2, 0.25) is 0 Å². The van der Waals surface area contributed by atoms with Gasteiger partial charge in [0.15, 0.2) is 0 Å². The Morgan fingerprint density at radius 2 is 1.86 bits per heavy atom. The van der Waals surface area contributed by atoms with Crippen LogP contribution in [0.4, 0.5) is 8.78 Å². The van der Waals surface area contributed by atoms with Crippen LogP contribution in [0, 0.1) is 24.0 Å². The minimum Gasteiger partial charge on any atom is -0.330 e. The molecule has 1 rings (SSSR count). The van der Waals surface area contributed by atoms with Crippen LogP contribution in [-0.4, -0.2) is 24.5 Å². The lowest BCUT2D eigenvalue weighted by molar-refractivity contribution is 0.138. The highest BCUT2D eigenvalue weighted by molar-refractivity contribution is 5.27. The Labute approximate surface area is 127 Å². The van der Waals surface area contributed by atoms with E-state index in [0.29, 0.717) is 17.7 Å². The first-order valence-corrected chi connectivity index (χ1v) is 7.61.